The first kappa shape index (κ1) is 16.9. The summed E-state index contributed by atoms with van der Waals surface area (Å²) in [4.78, 5) is 11.3. The third-order valence-electron chi connectivity index (χ3n) is 3.21. The molecule has 0 radical (unpaired) electrons. The Hall–Kier alpha value is -2.48. The van der Waals surface area contributed by atoms with Gasteiger partial charge in [-0.15, -0.1) is 0 Å². The predicted molar refractivity (Wildman–Crippen MR) is 88.4 cm³/mol. The molecule has 0 aliphatic carbocycles. The normalized spacial score (nSPS) is 10.7. The van der Waals surface area contributed by atoms with Gasteiger partial charge in [0.2, 0.25) is 10.9 Å². The standard InChI is InChI=1S/C15H18N2O5S/c1-2-3-6-16-11-8-10(15(18)19)9-12(17-23(20)21)14(11)13-5-4-7-22-13/h4-5,7-9,16,23H,2-3,6H2,1H3,(H,18,19)(H,17,20,21). The van der Waals surface area contributed by atoms with Crippen LogP contribution in [0.15, 0.2) is 34.9 Å². The highest BCUT2D eigenvalue weighted by molar-refractivity contribution is 7.73. The minimum atomic E-state index is -2.94. The Kier molecular flexibility index (Phi) is 5.64. The zero-order valence-corrected chi connectivity index (χ0v) is 13.4. The topological polar surface area (TPSA) is 109 Å². The number of hydrogen-bond acceptors (Lipinski definition) is 5. The zero-order valence-electron chi connectivity index (χ0n) is 12.5. The van der Waals surface area contributed by atoms with Gasteiger partial charge in [-0.05, 0) is 30.7 Å². The van der Waals surface area contributed by atoms with Crippen molar-refractivity contribution in [1.82, 2.24) is 0 Å². The molecule has 0 unspecified atom stereocenters. The maximum atomic E-state index is 11.3. The largest absolute Gasteiger partial charge is 0.478 e. The molecule has 7 nitrogen and oxygen atoms in total. The lowest BCUT2D eigenvalue weighted by Gasteiger charge is -2.15. The van der Waals surface area contributed by atoms with Gasteiger partial charge in [0.1, 0.15) is 5.76 Å². The average molecular weight is 338 g/mol. The van der Waals surface area contributed by atoms with Gasteiger partial charge in [0.15, 0.2) is 0 Å². The first-order valence-corrected chi connectivity index (χ1v) is 8.30. The maximum absolute atomic E-state index is 11.3. The van der Waals surface area contributed by atoms with Crippen molar-refractivity contribution in [2.24, 2.45) is 0 Å². The molecule has 0 saturated heterocycles. The third kappa shape index (κ3) is 4.26. The number of carboxylic acid groups (broad SMARTS) is 1. The van der Waals surface area contributed by atoms with Crippen molar-refractivity contribution in [1.29, 1.82) is 0 Å². The molecular weight excluding hydrogens is 320 g/mol. The number of carboxylic acids is 1. The molecule has 2 aromatic rings. The molecule has 1 heterocycles. The zero-order chi connectivity index (χ0) is 16.8. The van der Waals surface area contributed by atoms with Gasteiger partial charge in [-0.1, -0.05) is 13.3 Å². The Morgan fingerprint density at radius 2 is 2.04 bits per heavy atom. The van der Waals surface area contributed by atoms with Gasteiger partial charge in [-0.3, -0.25) is 4.72 Å². The van der Waals surface area contributed by atoms with Gasteiger partial charge in [-0.25, -0.2) is 13.2 Å². The minimum absolute atomic E-state index is 0.0151. The second kappa shape index (κ2) is 7.68. The van der Waals surface area contributed by atoms with E-state index >= 15 is 0 Å². The van der Waals surface area contributed by atoms with Crippen molar-refractivity contribution in [2.75, 3.05) is 16.6 Å². The van der Waals surface area contributed by atoms with Crippen LogP contribution in [0, 0.1) is 0 Å². The Morgan fingerprint density at radius 1 is 1.30 bits per heavy atom. The van der Waals surface area contributed by atoms with E-state index in [1.54, 1.807) is 12.1 Å². The number of furan rings is 1. The Balaban J connectivity index is 2.58. The van der Waals surface area contributed by atoms with Crippen LogP contribution >= 0.6 is 0 Å². The lowest BCUT2D eigenvalue weighted by molar-refractivity contribution is 0.0697. The summed E-state index contributed by atoms with van der Waals surface area (Å²) in [7, 11) is -2.94. The fraction of sp³-hybridized carbons (Fsp3) is 0.267. The molecule has 0 atom stereocenters. The van der Waals surface area contributed by atoms with Crippen molar-refractivity contribution in [3.8, 4) is 11.3 Å². The number of nitrogens with one attached hydrogen (secondary N) is 2. The van der Waals surface area contributed by atoms with Gasteiger partial charge < -0.3 is 14.8 Å². The lowest BCUT2D eigenvalue weighted by atomic mass is 10.0. The van der Waals surface area contributed by atoms with Gasteiger partial charge in [0, 0.05) is 12.2 Å². The summed E-state index contributed by atoms with van der Waals surface area (Å²) in [5.41, 5.74) is 1.14. The molecule has 0 fully saturated rings. The molecule has 0 aliphatic rings. The van der Waals surface area contributed by atoms with Crippen molar-refractivity contribution in [2.45, 2.75) is 19.8 Å². The lowest BCUT2D eigenvalue weighted by Crippen LogP contribution is -2.08. The van der Waals surface area contributed by atoms with Crippen molar-refractivity contribution in [3.63, 3.8) is 0 Å². The number of benzene rings is 1. The predicted octanol–water partition coefficient (Wildman–Crippen LogP) is 2.80. The van der Waals surface area contributed by atoms with E-state index in [1.165, 1.54) is 18.4 Å². The summed E-state index contributed by atoms with van der Waals surface area (Å²) in [6.07, 6.45) is 3.34. The second-order valence-electron chi connectivity index (χ2n) is 4.88. The highest BCUT2D eigenvalue weighted by Crippen LogP contribution is 2.37. The van der Waals surface area contributed by atoms with Crippen LogP contribution in [0.1, 0.15) is 30.1 Å². The first-order valence-electron chi connectivity index (χ1n) is 7.13. The first-order chi connectivity index (χ1) is 11.0. The summed E-state index contributed by atoms with van der Waals surface area (Å²) in [5, 5.41) is 12.4. The summed E-state index contributed by atoms with van der Waals surface area (Å²) >= 11 is 0. The van der Waals surface area contributed by atoms with Gasteiger partial charge in [0.25, 0.3) is 0 Å². The second-order valence-corrected chi connectivity index (χ2v) is 5.62. The molecule has 0 bridgehead atoms. The van der Waals surface area contributed by atoms with Crippen molar-refractivity contribution < 1.29 is 22.7 Å². The van der Waals surface area contributed by atoms with E-state index in [0.717, 1.165) is 12.8 Å². The van der Waals surface area contributed by atoms with Crippen LogP contribution in [0.25, 0.3) is 11.3 Å². The number of rotatable bonds is 8. The molecule has 3 N–H and O–H groups in total. The van der Waals surface area contributed by atoms with Crippen LogP contribution in [0.2, 0.25) is 0 Å². The third-order valence-corrected chi connectivity index (χ3v) is 3.63. The number of thiol groups is 1. The van der Waals surface area contributed by atoms with E-state index in [2.05, 4.69) is 10.0 Å². The molecule has 23 heavy (non-hydrogen) atoms. The summed E-state index contributed by atoms with van der Waals surface area (Å²) in [5.74, 6) is -0.695. The maximum Gasteiger partial charge on any atom is 0.335 e. The van der Waals surface area contributed by atoms with Crippen LogP contribution in [0.4, 0.5) is 11.4 Å². The Morgan fingerprint density at radius 3 is 2.61 bits per heavy atom. The molecular formula is C15H18N2O5S. The van der Waals surface area contributed by atoms with Crippen LogP contribution < -0.4 is 10.0 Å². The number of carbonyl (C=O) groups is 1. The molecule has 0 aliphatic heterocycles. The Labute approximate surface area is 135 Å². The smallest absolute Gasteiger partial charge is 0.335 e. The van der Waals surface area contributed by atoms with E-state index in [9.17, 15) is 18.3 Å². The van der Waals surface area contributed by atoms with Gasteiger partial charge >= 0.3 is 5.97 Å². The van der Waals surface area contributed by atoms with Crippen LogP contribution in [-0.4, -0.2) is 26.0 Å². The average Bonchev–Trinajstić information content (AvgIpc) is 3.00. The number of aromatic carboxylic acids is 1. The molecule has 1 aromatic carbocycles. The molecule has 1 aromatic heterocycles. The molecule has 0 amide bonds. The minimum Gasteiger partial charge on any atom is -0.478 e. The Bertz CT molecular complexity index is 745. The summed E-state index contributed by atoms with van der Waals surface area (Å²) < 4.78 is 29.8. The molecule has 0 spiro atoms. The van der Waals surface area contributed by atoms with E-state index in [1.807, 2.05) is 6.92 Å². The molecule has 2 rings (SSSR count). The van der Waals surface area contributed by atoms with Gasteiger partial charge in [-0.2, -0.15) is 0 Å². The van der Waals surface area contributed by atoms with E-state index in [0.29, 0.717) is 23.6 Å². The van der Waals surface area contributed by atoms with Crippen LogP contribution in [0.3, 0.4) is 0 Å². The van der Waals surface area contributed by atoms with E-state index in [4.69, 9.17) is 4.42 Å². The molecule has 8 heteroatoms. The fourth-order valence-corrected chi connectivity index (χ4v) is 2.55. The fourth-order valence-electron chi connectivity index (χ4n) is 2.18. The summed E-state index contributed by atoms with van der Waals surface area (Å²) in [6.45, 7) is 2.67. The van der Waals surface area contributed by atoms with E-state index < -0.39 is 16.9 Å². The molecule has 0 saturated carbocycles. The van der Waals surface area contributed by atoms with Gasteiger partial charge in [0.05, 0.1) is 23.1 Å². The molecule has 124 valence electrons. The monoisotopic (exact) mass is 338 g/mol. The quantitative estimate of drug-likeness (QED) is 0.435. The SMILES string of the molecule is CCCCNc1cc(C(=O)O)cc(N[SH](=O)=O)c1-c1ccco1. The number of anilines is 2. The van der Waals surface area contributed by atoms with Crippen molar-refractivity contribution in [3.05, 3.63) is 36.1 Å². The van der Waals surface area contributed by atoms with Crippen molar-refractivity contribution >= 4 is 28.2 Å². The number of unbranched alkanes of at least 4 members (excludes halogenated alkanes) is 1. The van der Waals surface area contributed by atoms with Crippen LogP contribution in [0.5, 0.6) is 0 Å². The highest BCUT2D eigenvalue weighted by Gasteiger charge is 2.18. The van der Waals surface area contributed by atoms with E-state index in [-0.39, 0.29) is 11.3 Å². The number of hydrogen-bond donors (Lipinski definition) is 4. The summed E-state index contributed by atoms with van der Waals surface area (Å²) in [6, 6.07) is 6.11. The van der Waals surface area contributed by atoms with Crippen LogP contribution in [-0.2, 0) is 10.9 Å². The highest BCUT2D eigenvalue weighted by atomic mass is 32.2.